The van der Waals surface area contributed by atoms with Gasteiger partial charge in [-0.05, 0) is 12.8 Å². The zero-order valence-corrected chi connectivity index (χ0v) is 17.5. The van der Waals surface area contributed by atoms with Crippen LogP contribution in [0.1, 0.15) is 124 Å². The zero-order valence-electron chi connectivity index (χ0n) is 17.5. The monoisotopic (exact) mass is 355 g/mol. The smallest absolute Gasteiger partial charge is 0.322 e. The standard InChI is InChI=1S/C22H45NO2/c1-4-6-8-10-12-14-16-18-20-23(25-22(3)24)21-19-17-15-13-11-9-7-5-2/h4-21H2,1-3H3. The van der Waals surface area contributed by atoms with Crippen molar-refractivity contribution < 1.29 is 9.63 Å². The topological polar surface area (TPSA) is 29.5 Å². The molecule has 0 N–H and O–H groups in total. The van der Waals surface area contributed by atoms with Gasteiger partial charge < -0.3 is 4.84 Å². The molecular weight excluding hydrogens is 310 g/mol. The molecular formula is C22H45NO2. The normalized spacial score (nSPS) is 11.2. The van der Waals surface area contributed by atoms with E-state index in [4.69, 9.17) is 4.84 Å². The Balaban J connectivity index is 3.60. The Bertz CT molecular complexity index is 261. The van der Waals surface area contributed by atoms with Gasteiger partial charge in [0.1, 0.15) is 0 Å². The Labute approximate surface area is 157 Å². The minimum absolute atomic E-state index is 0.181. The van der Waals surface area contributed by atoms with E-state index in [1.165, 1.54) is 96.8 Å². The van der Waals surface area contributed by atoms with E-state index in [1.807, 2.05) is 5.06 Å². The predicted octanol–water partition coefficient (Wildman–Crippen LogP) is 7.05. The Kier molecular flexibility index (Phi) is 19.3. The van der Waals surface area contributed by atoms with Crippen LogP contribution in [-0.2, 0) is 9.63 Å². The van der Waals surface area contributed by atoms with Crippen LogP contribution in [0.25, 0.3) is 0 Å². The molecule has 3 nitrogen and oxygen atoms in total. The van der Waals surface area contributed by atoms with E-state index in [9.17, 15) is 4.79 Å². The molecule has 0 saturated heterocycles. The summed E-state index contributed by atoms with van der Waals surface area (Å²) >= 11 is 0. The van der Waals surface area contributed by atoms with Crippen molar-refractivity contribution in [1.82, 2.24) is 5.06 Å². The van der Waals surface area contributed by atoms with Gasteiger partial charge in [-0.1, -0.05) is 104 Å². The third kappa shape index (κ3) is 19.6. The van der Waals surface area contributed by atoms with E-state index < -0.39 is 0 Å². The molecule has 0 aliphatic heterocycles. The van der Waals surface area contributed by atoms with Gasteiger partial charge in [-0.15, -0.1) is 5.06 Å². The van der Waals surface area contributed by atoms with E-state index in [0.29, 0.717) is 0 Å². The number of carbonyl (C=O) groups excluding carboxylic acids is 1. The average Bonchev–Trinajstić information content (AvgIpc) is 2.58. The molecule has 0 fully saturated rings. The van der Waals surface area contributed by atoms with E-state index in [-0.39, 0.29) is 5.97 Å². The average molecular weight is 356 g/mol. The number of nitrogens with zero attached hydrogens (tertiary/aromatic N) is 1. The summed E-state index contributed by atoms with van der Waals surface area (Å²) in [6, 6.07) is 0. The highest BCUT2D eigenvalue weighted by Crippen LogP contribution is 2.11. The molecule has 3 heteroatoms. The summed E-state index contributed by atoms with van der Waals surface area (Å²) in [5.74, 6) is -0.181. The highest BCUT2D eigenvalue weighted by molar-refractivity contribution is 5.65. The van der Waals surface area contributed by atoms with Gasteiger partial charge in [-0.2, -0.15) is 0 Å². The summed E-state index contributed by atoms with van der Waals surface area (Å²) in [6.07, 6.45) is 21.0. The second-order valence-corrected chi connectivity index (χ2v) is 7.46. The van der Waals surface area contributed by atoms with Gasteiger partial charge >= 0.3 is 5.97 Å². The SMILES string of the molecule is CCCCCCCCCCN(CCCCCCCCCC)OC(C)=O. The molecule has 0 amide bonds. The largest absolute Gasteiger partial charge is 0.368 e. The Morgan fingerprint density at radius 1 is 0.600 bits per heavy atom. The molecule has 0 unspecified atom stereocenters. The number of carbonyl (C=O) groups is 1. The van der Waals surface area contributed by atoms with Crippen molar-refractivity contribution in [1.29, 1.82) is 0 Å². The molecule has 0 heterocycles. The second-order valence-electron chi connectivity index (χ2n) is 7.46. The summed E-state index contributed by atoms with van der Waals surface area (Å²) in [6.45, 7) is 7.82. The molecule has 0 aromatic carbocycles. The van der Waals surface area contributed by atoms with Crippen LogP contribution in [0.5, 0.6) is 0 Å². The van der Waals surface area contributed by atoms with Crippen LogP contribution in [0.4, 0.5) is 0 Å². The Morgan fingerprint density at radius 3 is 1.24 bits per heavy atom. The molecule has 0 radical (unpaired) electrons. The van der Waals surface area contributed by atoms with Crippen LogP contribution in [-0.4, -0.2) is 24.1 Å². The number of hydroxylamine groups is 2. The zero-order chi connectivity index (χ0) is 18.6. The molecule has 0 bridgehead atoms. The molecule has 150 valence electrons. The Hall–Kier alpha value is -0.570. The molecule has 0 spiro atoms. The van der Waals surface area contributed by atoms with Crippen molar-refractivity contribution in [2.24, 2.45) is 0 Å². The lowest BCUT2D eigenvalue weighted by atomic mass is 10.1. The minimum Gasteiger partial charge on any atom is -0.368 e. The van der Waals surface area contributed by atoms with E-state index >= 15 is 0 Å². The van der Waals surface area contributed by atoms with Gasteiger partial charge in [0, 0.05) is 20.0 Å². The fourth-order valence-electron chi connectivity index (χ4n) is 3.23. The number of unbranched alkanes of at least 4 members (excludes halogenated alkanes) is 14. The number of hydrogen-bond donors (Lipinski definition) is 0. The first kappa shape index (κ1) is 24.4. The van der Waals surface area contributed by atoms with Gasteiger partial charge in [0.25, 0.3) is 0 Å². The maximum atomic E-state index is 11.3. The third-order valence-electron chi connectivity index (χ3n) is 4.78. The first-order valence-corrected chi connectivity index (χ1v) is 11.1. The summed E-state index contributed by atoms with van der Waals surface area (Å²) in [5.41, 5.74) is 0. The fraction of sp³-hybridized carbons (Fsp3) is 0.955. The van der Waals surface area contributed by atoms with Crippen LogP contribution in [0.2, 0.25) is 0 Å². The summed E-state index contributed by atoms with van der Waals surface area (Å²) in [4.78, 5) is 16.6. The van der Waals surface area contributed by atoms with Crippen molar-refractivity contribution in [3.05, 3.63) is 0 Å². The lowest BCUT2D eigenvalue weighted by molar-refractivity contribution is -0.188. The van der Waals surface area contributed by atoms with Crippen molar-refractivity contribution in [2.45, 2.75) is 124 Å². The van der Waals surface area contributed by atoms with E-state index in [0.717, 1.165) is 25.9 Å². The van der Waals surface area contributed by atoms with Gasteiger partial charge in [0.15, 0.2) is 0 Å². The van der Waals surface area contributed by atoms with Gasteiger partial charge in [-0.25, -0.2) is 0 Å². The maximum absolute atomic E-state index is 11.3. The number of hydrogen-bond acceptors (Lipinski definition) is 3. The quantitative estimate of drug-likeness (QED) is 0.184. The lowest BCUT2D eigenvalue weighted by Crippen LogP contribution is -2.28. The molecule has 0 aliphatic carbocycles. The van der Waals surface area contributed by atoms with Gasteiger partial charge in [-0.3, -0.25) is 4.79 Å². The summed E-state index contributed by atoms with van der Waals surface area (Å²) < 4.78 is 0. The van der Waals surface area contributed by atoms with Crippen molar-refractivity contribution >= 4 is 5.97 Å². The third-order valence-corrected chi connectivity index (χ3v) is 4.78. The fourth-order valence-corrected chi connectivity index (χ4v) is 3.23. The van der Waals surface area contributed by atoms with Crippen LogP contribution >= 0.6 is 0 Å². The summed E-state index contributed by atoms with van der Waals surface area (Å²) in [5, 5.41) is 1.90. The van der Waals surface area contributed by atoms with Crippen LogP contribution in [0, 0.1) is 0 Å². The van der Waals surface area contributed by atoms with Crippen LogP contribution in [0.3, 0.4) is 0 Å². The molecule has 25 heavy (non-hydrogen) atoms. The van der Waals surface area contributed by atoms with Gasteiger partial charge in [0.05, 0.1) is 0 Å². The Morgan fingerprint density at radius 2 is 0.920 bits per heavy atom. The molecule has 0 atom stereocenters. The van der Waals surface area contributed by atoms with E-state index in [2.05, 4.69) is 13.8 Å². The predicted molar refractivity (Wildman–Crippen MR) is 109 cm³/mol. The minimum atomic E-state index is -0.181. The second kappa shape index (κ2) is 19.8. The highest BCUT2D eigenvalue weighted by atomic mass is 16.7. The molecule has 0 saturated carbocycles. The first-order valence-electron chi connectivity index (χ1n) is 11.1. The molecule has 0 aliphatic rings. The first-order chi connectivity index (χ1) is 12.2. The molecule has 0 aromatic rings. The van der Waals surface area contributed by atoms with E-state index in [1.54, 1.807) is 0 Å². The van der Waals surface area contributed by atoms with Crippen LogP contribution < -0.4 is 0 Å². The lowest BCUT2D eigenvalue weighted by Gasteiger charge is -2.20. The maximum Gasteiger partial charge on any atom is 0.322 e. The molecule has 0 rings (SSSR count). The van der Waals surface area contributed by atoms with Crippen LogP contribution in [0.15, 0.2) is 0 Å². The van der Waals surface area contributed by atoms with Gasteiger partial charge in [0.2, 0.25) is 0 Å². The summed E-state index contributed by atoms with van der Waals surface area (Å²) in [7, 11) is 0. The molecule has 0 aromatic heterocycles. The van der Waals surface area contributed by atoms with Crippen molar-refractivity contribution in [3.63, 3.8) is 0 Å². The van der Waals surface area contributed by atoms with Crippen molar-refractivity contribution in [2.75, 3.05) is 13.1 Å². The van der Waals surface area contributed by atoms with Crippen molar-refractivity contribution in [3.8, 4) is 0 Å². The number of rotatable bonds is 19. The highest BCUT2D eigenvalue weighted by Gasteiger charge is 2.08.